The highest BCUT2D eigenvalue weighted by Gasteiger charge is 2.14. The van der Waals surface area contributed by atoms with E-state index in [0.717, 1.165) is 12.3 Å². The van der Waals surface area contributed by atoms with E-state index in [0.29, 0.717) is 12.4 Å². The Morgan fingerprint density at radius 3 is 2.00 bits per heavy atom. The third kappa shape index (κ3) is 9.69. The van der Waals surface area contributed by atoms with Gasteiger partial charge in [-0.3, -0.25) is 4.79 Å². The lowest BCUT2D eigenvalue weighted by molar-refractivity contribution is -0.140. The standard InChI is InChI=1S/C9H16O.C4H8O2/c1-8(10)7-9-5-3-2-4-6-9;1-3-6-4(2)5/h9H,2-7H2,1H3;3H2,1-2H3. The van der Waals surface area contributed by atoms with Crippen LogP contribution in [-0.4, -0.2) is 18.4 Å². The largest absolute Gasteiger partial charge is 0.466 e. The van der Waals surface area contributed by atoms with E-state index >= 15 is 0 Å². The van der Waals surface area contributed by atoms with Crippen LogP contribution < -0.4 is 0 Å². The third-order valence-electron chi connectivity index (χ3n) is 2.65. The molecule has 0 radical (unpaired) electrons. The lowest BCUT2D eigenvalue weighted by Crippen LogP contribution is -2.09. The predicted octanol–water partition coefficient (Wildman–Crippen LogP) is 3.12. The smallest absolute Gasteiger partial charge is 0.302 e. The van der Waals surface area contributed by atoms with Gasteiger partial charge >= 0.3 is 5.97 Å². The molecule has 0 aromatic heterocycles. The van der Waals surface area contributed by atoms with Gasteiger partial charge in [0.15, 0.2) is 0 Å². The van der Waals surface area contributed by atoms with Gasteiger partial charge in [-0.15, -0.1) is 0 Å². The first-order valence-electron chi connectivity index (χ1n) is 6.19. The van der Waals surface area contributed by atoms with Crippen LogP contribution in [0.15, 0.2) is 0 Å². The van der Waals surface area contributed by atoms with Crippen molar-refractivity contribution in [3.8, 4) is 0 Å². The highest BCUT2D eigenvalue weighted by atomic mass is 16.5. The Labute approximate surface area is 98.6 Å². The Morgan fingerprint density at radius 1 is 1.12 bits per heavy atom. The Balaban J connectivity index is 0.000000325. The predicted molar refractivity (Wildman–Crippen MR) is 64.2 cm³/mol. The van der Waals surface area contributed by atoms with Crippen LogP contribution >= 0.6 is 0 Å². The molecule has 0 saturated heterocycles. The number of carbonyl (C=O) groups excluding carboxylic acids is 2. The summed E-state index contributed by atoms with van der Waals surface area (Å²) in [5.41, 5.74) is 0. The molecule has 1 saturated carbocycles. The highest BCUT2D eigenvalue weighted by Crippen LogP contribution is 2.26. The van der Waals surface area contributed by atoms with Crippen molar-refractivity contribution in [2.75, 3.05) is 6.61 Å². The molecule has 3 heteroatoms. The van der Waals surface area contributed by atoms with Gasteiger partial charge in [-0.1, -0.05) is 32.1 Å². The summed E-state index contributed by atoms with van der Waals surface area (Å²) in [6.07, 6.45) is 7.49. The van der Waals surface area contributed by atoms with Gasteiger partial charge in [0.25, 0.3) is 0 Å². The molecule has 1 fully saturated rings. The summed E-state index contributed by atoms with van der Waals surface area (Å²) in [5, 5.41) is 0. The van der Waals surface area contributed by atoms with Crippen molar-refractivity contribution in [2.24, 2.45) is 5.92 Å². The van der Waals surface area contributed by atoms with Gasteiger partial charge in [-0.05, 0) is 19.8 Å². The van der Waals surface area contributed by atoms with Crippen molar-refractivity contribution in [3.63, 3.8) is 0 Å². The quantitative estimate of drug-likeness (QED) is 0.697. The molecular formula is C13H24O3. The summed E-state index contributed by atoms with van der Waals surface area (Å²) in [4.78, 5) is 20.5. The molecule has 0 spiro atoms. The van der Waals surface area contributed by atoms with Gasteiger partial charge in [-0.2, -0.15) is 0 Å². The summed E-state index contributed by atoms with van der Waals surface area (Å²) in [6.45, 7) is 5.36. The molecule has 0 bridgehead atoms. The molecule has 0 aliphatic heterocycles. The van der Waals surface area contributed by atoms with Crippen molar-refractivity contribution >= 4 is 11.8 Å². The molecule has 16 heavy (non-hydrogen) atoms. The maximum Gasteiger partial charge on any atom is 0.302 e. The van der Waals surface area contributed by atoms with Crippen molar-refractivity contribution < 1.29 is 14.3 Å². The fourth-order valence-corrected chi connectivity index (χ4v) is 2.00. The lowest BCUT2D eigenvalue weighted by atomic mass is 9.86. The van der Waals surface area contributed by atoms with E-state index in [-0.39, 0.29) is 5.97 Å². The van der Waals surface area contributed by atoms with Crippen LogP contribution in [0.5, 0.6) is 0 Å². The molecule has 3 nitrogen and oxygen atoms in total. The van der Waals surface area contributed by atoms with E-state index in [9.17, 15) is 9.59 Å². The van der Waals surface area contributed by atoms with Gasteiger partial charge in [0.05, 0.1) is 6.61 Å². The Hall–Kier alpha value is -0.860. The number of ketones is 1. The maximum absolute atomic E-state index is 10.7. The maximum atomic E-state index is 10.7. The molecule has 0 atom stereocenters. The molecule has 0 aromatic carbocycles. The van der Waals surface area contributed by atoms with Gasteiger partial charge < -0.3 is 9.53 Å². The first-order chi connectivity index (χ1) is 7.56. The second-order valence-corrected chi connectivity index (χ2v) is 4.33. The number of hydrogen-bond donors (Lipinski definition) is 0. The SMILES string of the molecule is CC(=O)CC1CCCCC1.CCOC(C)=O. The molecule has 0 amide bonds. The zero-order valence-corrected chi connectivity index (χ0v) is 10.8. The summed E-state index contributed by atoms with van der Waals surface area (Å²) < 4.78 is 4.40. The summed E-state index contributed by atoms with van der Waals surface area (Å²) in [7, 11) is 0. The minimum absolute atomic E-state index is 0.211. The molecule has 94 valence electrons. The Morgan fingerprint density at radius 2 is 1.69 bits per heavy atom. The number of ether oxygens (including phenoxy) is 1. The third-order valence-corrected chi connectivity index (χ3v) is 2.65. The van der Waals surface area contributed by atoms with E-state index in [1.807, 2.05) is 0 Å². The van der Waals surface area contributed by atoms with Crippen LogP contribution in [0.25, 0.3) is 0 Å². The van der Waals surface area contributed by atoms with E-state index in [1.54, 1.807) is 13.8 Å². The molecule has 0 heterocycles. The van der Waals surface area contributed by atoms with Gasteiger partial charge in [-0.25, -0.2) is 0 Å². The van der Waals surface area contributed by atoms with Gasteiger partial charge in [0.1, 0.15) is 5.78 Å². The minimum atomic E-state index is -0.211. The van der Waals surface area contributed by atoms with Gasteiger partial charge in [0, 0.05) is 13.3 Å². The van der Waals surface area contributed by atoms with Crippen LogP contribution in [0.1, 0.15) is 59.3 Å². The zero-order chi connectivity index (χ0) is 12.4. The summed E-state index contributed by atoms with van der Waals surface area (Å²) >= 11 is 0. The van der Waals surface area contributed by atoms with Crippen molar-refractivity contribution in [2.45, 2.75) is 59.3 Å². The molecule has 1 aliphatic rings. The van der Waals surface area contributed by atoms with Crippen molar-refractivity contribution in [1.82, 2.24) is 0 Å². The lowest BCUT2D eigenvalue weighted by Gasteiger charge is -2.19. The second kappa shape index (κ2) is 9.37. The number of Topliss-reactive ketones (excluding diaryl/α,β-unsaturated/α-hetero) is 1. The van der Waals surface area contributed by atoms with Crippen LogP contribution in [0, 0.1) is 5.92 Å². The molecule has 0 unspecified atom stereocenters. The normalized spacial score (nSPS) is 15.9. The Kier molecular flexibility index (Phi) is 8.87. The molecule has 1 aliphatic carbocycles. The number of esters is 1. The molecule has 1 rings (SSSR count). The first-order valence-corrected chi connectivity index (χ1v) is 6.19. The fraction of sp³-hybridized carbons (Fsp3) is 0.846. The first kappa shape index (κ1) is 15.1. The second-order valence-electron chi connectivity index (χ2n) is 4.33. The summed E-state index contributed by atoms with van der Waals surface area (Å²) in [5.74, 6) is 0.885. The highest BCUT2D eigenvalue weighted by molar-refractivity contribution is 5.75. The monoisotopic (exact) mass is 228 g/mol. The summed E-state index contributed by atoms with van der Waals surface area (Å²) in [6, 6.07) is 0. The molecule has 0 N–H and O–H groups in total. The zero-order valence-electron chi connectivity index (χ0n) is 10.8. The average molecular weight is 228 g/mol. The number of rotatable bonds is 3. The van der Waals surface area contributed by atoms with Crippen LogP contribution in [-0.2, 0) is 14.3 Å². The van der Waals surface area contributed by atoms with Crippen LogP contribution in [0.2, 0.25) is 0 Å². The number of hydrogen-bond acceptors (Lipinski definition) is 3. The van der Waals surface area contributed by atoms with Crippen molar-refractivity contribution in [3.05, 3.63) is 0 Å². The fourth-order valence-electron chi connectivity index (χ4n) is 2.00. The average Bonchev–Trinajstić information content (AvgIpc) is 2.18. The van der Waals surface area contributed by atoms with Crippen LogP contribution in [0.3, 0.4) is 0 Å². The van der Waals surface area contributed by atoms with Crippen molar-refractivity contribution in [1.29, 1.82) is 0 Å². The number of carbonyl (C=O) groups is 2. The molecule has 0 aromatic rings. The molecular weight excluding hydrogens is 204 g/mol. The van der Waals surface area contributed by atoms with Gasteiger partial charge in [0.2, 0.25) is 0 Å². The minimum Gasteiger partial charge on any atom is -0.466 e. The van der Waals surface area contributed by atoms with Crippen LogP contribution in [0.4, 0.5) is 0 Å². The van der Waals surface area contributed by atoms with E-state index < -0.39 is 0 Å². The van der Waals surface area contributed by atoms with E-state index in [2.05, 4.69) is 4.74 Å². The van der Waals surface area contributed by atoms with E-state index in [4.69, 9.17) is 0 Å². The topological polar surface area (TPSA) is 43.4 Å². The van der Waals surface area contributed by atoms with E-state index in [1.165, 1.54) is 39.0 Å². The Bertz CT molecular complexity index is 205.